The van der Waals surface area contributed by atoms with Gasteiger partial charge >= 0.3 is 12.1 Å². The monoisotopic (exact) mass is 405 g/mol. The Hall–Kier alpha value is -2.64. The molecule has 0 radical (unpaired) electrons. The smallest absolute Gasteiger partial charge is 0.412 e. The van der Waals surface area contributed by atoms with Crippen LogP contribution in [0, 0.1) is 0 Å². The molecule has 0 saturated carbocycles. The Balaban J connectivity index is 1.98. The highest BCUT2D eigenvalue weighted by Crippen LogP contribution is 2.37. The summed E-state index contributed by atoms with van der Waals surface area (Å²) >= 11 is 6.14. The van der Waals surface area contributed by atoms with E-state index < -0.39 is 23.3 Å². The highest BCUT2D eigenvalue weighted by molar-refractivity contribution is 6.31. The standard InChI is InChI=1S/C20H21ClN2O5/c1-19(2,3)28-18(26)23-15-5-4-13(21)9-14(15)12-8-11-6-7-20(27,17(24)25)16(11)22-10-12/h4-5,8-10,27H,6-7H2,1-3H3,(H,23,26)(H,24,25)/p+1. The minimum Gasteiger partial charge on any atom is -0.479 e. The lowest BCUT2D eigenvalue weighted by atomic mass is 9.99. The third-order valence-corrected chi connectivity index (χ3v) is 4.71. The number of carbonyl (C=O) groups excluding carboxylic acids is 1. The molecule has 1 unspecified atom stereocenters. The van der Waals surface area contributed by atoms with Crippen LogP contribution in [0.15, 0.2) is 30.5 Å². The van der Waals surface area contributed by atoms with Crippen molar-refractivity contribution in [3.05, 3.63) is 46.7 Å². The number of aliphatic hydroxyl groups is 1. The van der Waals surface area contributed by atoms with Crippen LogP contribution < -0.4 is 10.3 Å². The number of carbonyl (C=O) groups is 2. The molecule has 0 bridgehead atoms. The van der Waals surface area contributed by atoms with Crippen molar-refractivity contribution in [2.75, 3.05) is 5.32 Å². The van der Waals surface area contributed by atoms with Crippen molar-refractivity contribution in [3.8, 4) is 11.1 Å². The maximum absolute atomic E-state index is 12.2. The maximum Gasteiger partial charge on any atom is 0.412 e. The van der Waals surface area contributed by atoms with Crippen molar-refractivity contribution in [1.82, 2.24) is 0 Å². The predicted octanol–water partition coefficient (Wildman–Crippen LogP) is 3.39. The van der Waals surface area contributed by atoms with Gasteiger partial charge in [0, 0.05) is 28.1 Å². The SMILES string of the molecule is CC(C)(C)OC(=O)Nc1ccc(Cl)cc1-c1c[nH+]c2c(c1)CCC2(O)C(=O)O. The molecule has 28 heavy (non-hydrogen) atoms. The summed E-state index contributed by atoms with van der Waals surface area (Å²) in [5.41, 5.74) is 0.251. The van der Waals surface area contributed by atoms with Gasteiger partial charge in [-0.2, -0.15) is 0 Å². The van der Waals surface area contributed by atoms with Crippen LogP contribution >= 0.6 is 11.6 Å². The quantitative estimate of drug-likeness (QED) is 0.725. The molecule has 1 aliphatic rings. The molecule has 7 nitrogen and oxygen atoms in total. The summed E-state index contributed by atoms with van der Waals surface area (Å²) in [5.74, 6) is -1.29. The lowest BCUT2D eigenvalue weighted by molar-refractivity contribution is -0.403. The molecule has 1 amide bonds. The summed E-state index contributed by atoms with van der Waals surface area (Å²) in [6, 6.07) is 6.81. The molecule has 148 valence electrons. The molecule has 1 heterocycles. The number of ether oxygens (including phenoxy) is 1. The highest BCUT2D eigenvalue weighted by Gasteiger charge is 2.49. The summed E-state index contributed by atoms with van der Waals surface area (Å²) in [4.78, 5) is 26.5. The summed E-state index contributed by atoms with van der Waals surface area (Å²) in [7, 11) is 0. The van der Waals surface area contributed by atoms with Crippen LogP contribution in [-0.4, -0.2) is 27.9 Å². The van der Waals surface area contributed by atoms with Crippen LogP contribution in [0.2, 0.25) is 5.02 Å². The lowest BCUT2D eigenvalue weighted by Gasteiger charge is -2.20. The van der Waals surface area contributed by atoms with Crippen molar-refractivity contribution in [2.45, 2.75) is 44.8 Å². The summed E-state index contributed by atoms with van der Waals surface area (Å²) in [6.07, 6.45) is 1.50. The van der Waals surface area contributed by atoms with E-state index in [-0.39, 0.29) is 12.1 Å². The fourth-order valence-electron chi connectivity index (χ4n) is 3.21. The van der Waals surface area contributed by atoms with Gasteiger partial charge in [-0.15, -0.1) is 0 Å². The van der Waals surface area contributed by atoms with E-state index in [0.717, 1.165) is 0 Å². The number of rotatable bonds is 3. The van der Waals surface area contributed by atoms with Gasteiger partial charge in [0.1, 0.15) is 5.60 Å². The number of hydrogen-bond acceptors (Lipinski definition) is 4. The zero-order valence-corrected chi connectivity index (χ0v) is 16.6. The van der Waals surface area contributed by atoms with Gasteiger partial charge in [0.05, 0.1) is 5.69 Å². The Morgan fingerprint density at radius 1 is 1.29 bits per heavy atom. The topological polar surface area (TPSA) is 110 Å². The second-order valence-corrected chi connectivity index (χ2v) is 8.21. The van der Waals surface area contributed by atoms with Gasteiger partial charge in [-0.05, 0) is 51.5 Å². The number of fused-ring (bicyclic) bond motifs is 1. The number of aliphatic carboxylic acids is 1. The molecule has 0 aliphatic heterocycles. The van der Waals surface area contributed by atoms with Crippen LogP contribution in [0.3, 0.4) is 0 Å². The molecule has 4 N–H and O–H groups in total. The molecule has 1 aromatic heterocycles. The highest BCUT2D eigenvalue weighted by atomic mass is 35.5. The van der Waals surface area contributed by atoms with Crippen LogP contribution in [0.25, 0.3) is 11.1 Å². The number of aryl methyl sites for hydroxylation is 1. The Morgan fingerprint density at radius 3 is 2.64 bits per heavy atom. The number of anilines is 1. The third-order valence-electron chi connectivity index (χ3n) is 4.47. The number of aromatic amines is 1. The van der Waals surface area contributed by atoms with E-state index in [1.807, 2.05) is 0 Å². The number of halogens is 1. The van der Waals surface area contributed by atoms with Crippen LogP contribution in [-0.2, 0) is 21.6 Å². The van der Waals surface area contributed by atoms with Gasteiger partial charge in [-0.25, -0.2) is 14.6 Å². The molecule has 0 fully saturated rings. The first-order valence-electron chi connectivity index (χ1n) is 8.80. The molecule has 0 spiro atoms. The largest absolute Gasteiger partial charge is 0.479 e. The van der Waals surface area contributed by atoms with Gasteiger partial charge in [0.25, 0.3) is 0 Å². The van der Waals surface area contributed by atoms with Crippen molar-refractivity contribution >= 4 is 29.4 Å². The van der Waals surface area contributed by atoms with E-state index in [0.29, 0.717) is 33.8 Å². The van der Waals surface area contributed by atoms with E-state index in [4.69, 9.17) is 16.3 Å². The third kappa shape index (κ3) is 3.95. The lowest BCUT2D eigenvalue weighted by Crippen LogP contribution is -2.38. The normalized spacial score (nSPS) is 18.5. The Kier molecular flexibility index (Phi) is 5.08. The number of carboxylic acid groups (broad SMARTS) is 1. The molecule has 1 aliphatic carbocycles. The summed E-state index contributed by atoms with van der Waals surface area (Å²) in [5, 5.41) is 22.9. The van der Waals surface area contributed by atoms with Gasteiger partial charge in [0.15, 0.2) is 6.20 Å². The van der Waals surface area contributed by atoms with Gasteiger partial charge in [-0.1, -0.05) is 11.6 Å². The van der Waals surface area contributed by atoms with Gasteiger partial charge in [-0.3, -0.25) is 5.32 Å². The molecular weight excluding hydrogens is 384 g/mol. The van der Waals surface area contributed by atoms with Gasteiger partial charge in [0.2, 0.25) is 11.3 Å². The number of nitrogens with one attached hydrogen (secondary N) is 2. The molecule has 8 heteroatoms. The molecule has 1 atom stereocenters. The summed E-state index contributed by atoms with van der Waals surface area (Å²) in [6.45, 7) is 5.32. The number of benzene rings is 1. The zero-order valence-electron chi connectivity index (χ0n) is 15.8. The fraction of sp³-hybridized carbons (Fsp3) is 0.350. The van der Waals surface area contributed by atoms with E-state index in [2.05, 4.69) is 10.3 Å². The number of hydrogen-bond donors (Lipinski definition) is 3. The number of aromatic nitrogens is 1. The average Bonchev–Trinajstić information content (AvgIpc) is 2.93. The summed E-state index contributed by atoms with van der Waals surface area (Å²) < 4.78 is 5.30. The second-order valence-electron chi connectivity index (χ2n) is 7.77. The van der Waals surface area contributed by atoms with Crippen molar-refractivity contribution in [2.24, 2.45) is 0 Å². The van der Waals surface area contributed by atoms with E-state index in [9.17, 15) is 19.8 Å². The van der Waals surface area contributed by atoms with Crippen LogP contribution in [0.1, 0.15) is 38.4 Å². The maximum atomic E-state index is 12.2. The Morgan fingerprint density at radius 2 is 2.00 bits per heavy atom. The fourth-order valence-corrected chi connectivity index (χ4v) is 3.39. The number of H-pyrrole nitrogens is 1. The van der Waals surface area contributed by atoms with Crippen molar-refractivity contribution in [1.29, 1.82) is 0 Å². The predicted molar refractivity (Wildman–Crippen MR) is 103 cm³/mol. The van der Waals surface area contributed by atoms with Crippen molar-refractivity contribution < 1.29 is 29.5 Å². The molecule has 2 aromatic rings. The van der Waals surface area contributed by atoms with Crippen LogP contribution in [0.5, 0.6) is 0 Å². The van der Waals surface area contributed by atoms with Crippen LogP contribution in [0.4, 0.5) is 10.5 Å². The van der Waals surface area contributed by atoms with Gasteiger partial charge < -0.3 is 14.9 Å². The minimum atomic E-state index is -1.92. The first-order chi connectivity index (χ1) is 13.0. The average molecular weight is 406 g/mol. The second kappa shape index (κ2) is 7.07. The Labute approximate surface area is 167 Å². The first kappa shape index (κ1) is 20.1. The molecule has 3 rings (SSSR count). The minimum absolute atomic E-state index is 0.0934. The number of amides is 1. The first-order valence-corrected chi connectivity index (χ1v) is 9.18. The molecular formula is C20H22ClN2O5+. The van der Waals surface area contributed by atoms with Crippen molar-refractivity contribution in [3.63, 3.8) is 0 Å². The van der Waals surface area contributed by atoms with E-state index >= 15 is 0 Å². The Bertz CT molecular complexity index is 954. The molecule has 1 aromatic carbocycles. The van der Waals surface area contributed by atoms with E-state index in [1.54, 1.807) is 51.2 Å². The molecule has 0 saturated heterocycles. The number of carboxylic acids is 1. The zero-order chi connectivity index (χ0) is 20.7. The number of pyridine rings is 1. The van der Waals surface area contributed by atoms with E-state index in [1.165, 1.54) is 0 Å².